The van der Waals surface area contributed by atoms with Crippen molar-refractivity contribution in [3.8, 4) is 5.75 Å². The summed E-state index contributed by atoms with van der Waals surface area (Å²) in [6.07, 6.45) is 0. The van der Waals surface area contributed by atoms with Crippen LogP contribution in [0.15, 0.2) is 18.2 Å². The van der Waals surface area contributed by atoms with Crippen LogP contribution in [0.1, 0.15) is 13.8 Å². The van der Waals surface area contributed by atoms with Gasteiger partial charge in [0.05, 0.1) is 12.8 Å². The Morgan fingerprint density at radius 1 is 1.35 bits per heavy atom. The van der Waals surface area contributed by atoms with E-state index >= 15 is 0 Å². The van der Waals surface area contributed by atoms with E-state index in [2.05, 4.69) is 5.32 Å². The predicted octanol–water partition coefficient (Wildman–Crippen LogP) is 1.64. The summed E-state index contributed by atoms with van der Waals surface area (Å²) in [6, 6.07) is 5.06. The van der Waals surface area contributed by atoms with E-state index in [0.29, 0.717) is 17.1 Å². The fraction of sp³-hybridized carbons (Fsp3) is 0.417. The number of carbonyl (C=O) groups is 1. The zero-order chi connectivity index (χ0) is 13.1. The van der Waals surface area contributed by atoms with E-state index in [4.69, 9.17) is 15.2 Å². The average molecular weight is 238 g/mol. The van der Waals surface area contributed by atoms with Gasteiger partial charge in [0.1, 0.15) is 11.4 Å². The molecule has 0 aromatic heterocycles. The molecule has 0 aliphatic rings. The third-order valence-corrected chi connectivity index (χ3v) is 2.54. The van der Waals surface area contributed by atoms with Crippen molar-refractivity contribution in [3.63, 3.8) is 0 Å². The van der Waals surface area contributed by atoms with E-state index in [1.807, 2.05) is 0 Å². The first kappa shape index (κ1) is 13.3. The quantitative estimate of drug-likeness (QED) is 0.782. The molecule has 0 bridgehead atoms. The molecular formula is C12H18N2O3. The molecule has 0 spiro atoms. The van der Waals surface area contributed by atoms with Crippen molar-refractivity contribution >= 4 is 17.3 Å². The van der Waals surface area contributed by atoms with E-state index in [-0.39, 0.29) is 5.91 Å². The lowest BCUT2D eigenvalue weighted by Gasteiger charge is -2.21. The van der Waals surface area contributed by atoms with Crippen molar-refractivity contribution in [3.05, 3.63) is 18.2 Å². The molecule has 0 atom stereocenters. The zero-order valence-electron chi connectivity index (χ0n) is 10.5. The van der Waals surface area contributed by atoms with Crippen LogP contribution in [-0.2, 0) is 9.53 Å². The Morgan fingerprint density at radius 3 is 2.47 bits per heavy atom. The van der Waals surface area contributed by atoms with Crippen LogP contribution in [0.4, 0.5) is 11.4 Å². The number of nitrogen functional groups attached to an aromatic ring is 1. The van der Waals surface area contributed by atoms with E-state index in [9.17, 15) is 4.79 Å². The van der Waals surface area contributed by atoms with Gasteiger partial charge in [-0.3, -0.25) is 4.79 Å². The fourth-order valence-electron chi connectivity index (χ4n) is 1.19. The van der Waals surface area contributed by atoms with Crippen LogP contribution < -0.4 is 15.8 Å². The van der Waals surface area contributed by atoms with Gasteiger partial charge in [-0.05, 0) is 32.0 Å². The summed E-state index contributed by atoms with van der Waals surface area (Å²) in [6.45, 7) is 3.38. The average Bonchev–Trinajstić information content (AvgIpc) is 2.29. The van der Waals surface area contributed by atoms with Crippen molar-refractivity contribution in [2.24, 2.45) is 0 Å². The molecule has 0 saturated heterocycles. The molecule has 0 unspecified atom stereocenters. The molecular weight excluding hydrogens is 220 g/mol. The monoisotopic (exact) mass is 238 g/mol. The lowest BCUT2D eigenvalue weighted by molar-refractivity contribution is -0.133. The van der Waals surface area contributed by atoms with Gasteiger partial charge in [0, 0.05) is 12.8 Å². The molecule has 5 nitrogen and oxygen atoms in total. The number of nitrogens with two attached hydrogens (primary N) is 1. The Balaban J connectivity index is 2.83. The minimum Gasteiger partial charge on any atom is -0.495 e. The van der Waals surface area contributed by atoms with Crippen LogP contribution >= 0.6 is 0 Å². The SMILES string of the molecule is COc1ccc(NC(=O)C(C)(C)OC)cc1N. The molecule has 1 amide bonds. The molecule has 0 radical (unpaired) electrons. The highest BCUT2D eigenvalue weighted by Gasteiger charge is 2.26. The molecule has 1 aromatic carbocycles. The van der Waals surface area contributed by atoms with E-state index in [1.54, 1.807) is 32.0 Å². The maximum Gasteiger partial charge on any atom is 0.256 e. The first-order valence-electron chi connectivity index (χ1n) is 5.21. The zero-order valence-corrected chi connectivity index (χ0v) is 10.5. The second-order valence-corrected chi connectivity index (χ2v) is 4.13. The highest BCUT2D eigenvalue weighted by Crippen LogP contribution is 2.25. The Kier molecular flexibility index (Phi) is 3.96. The van der Waals surface area contributed by atoms with Gasteiger partial charge in [-0.1, -0.05) is 0 Å². The lowest BCUT2D eigenvalue weighted by Crippen LogP contribution is -2.38. The van der Waals surface area contributed by atoms with Gasteiger partial charge in [-0.2, -0.15) is 0 Å². The third-order valence-electron chi connectivity index (χ3n) is 2.54. The van der Waals surface area contributed by atoms with Crippen molar-refractivity contribution in [1.29, 1.82) is 0 Å². The Labute approximate surface area is 101 Å². The minimum atomic E-state index is -0.880. The molecule has 3 N–H and O–H groups in total. The molecule has 5 heteroatoms. The summed E-state index contributed by atoms with van der Waals surface area (Å²) in [5, 5.41) is 2.73. The van der Waals surface area contributed by atoms with E-state index in [1.165, 1.54) is 14.2 Å². The summed E-state index contributed by atoms with van der Waals surface area (Å²) in [5.74, 6) is 0.346. The molecule has 0 heterocycles. The summed E-state index contributed by atoms with van der Waals surface area (Å²) < 4.78 is 10.1. The molecule has 1 aromatic rings. The van der Waals surface area contributed by atoms with Crippen LogP contribution in [0, 0.1) is 0 Å². The highest BCUT2D eigenvalue weighted by molar-refractivity contribution is 5.97. The lowest BCUT2D eigenvalue weighted by atomic mass is 10.1. The van der Waals surface area contributed by atoms with E-state index in [0.717, 1.165) is 0 Å². The maximum absolute atomic E-state index is 11.8. The molecule has 0 fully saturated rings. The number of methoxy groups -OCH3 is 2. The van der Waals surface area contributed by atoms with Crippen molar-refractivity contribution in [1.82, 2.24) is 0 Å². The van der Waals surface area contributed by atoms with Crippen molar-refractivity contribution in [2.75, 3.05) is 25.3 Å². The number of anilines is 2. The number of benzene rings is 1. The van der Waals surface area contributed by atoms with Crippen molar-refractivity contribution < 1.29 is 14.3 Å². The van der Waals surface area contributed by atoms with Crippen LogP contribution in [0.3, 0.4) is 0 Å². The van der Waals surface area contributed by atoms with Gasteiger partial charge in [0.2, 0.25) is 0 Å². The first-order chi connectivity index (χ1) is 7.90. The van der Waals surface area contributed by atoms with Gasteiger partial charge in [-0.25, -0.2) is 0 Å². The number of ether oxygens (including phenoxy) is 2. The third kappa shape index (κ3) is 3.10. The summed E-state index contributed by atoms with van der Waals surface area (Å²) in [7, 11) is 3.03. The van der Waals surface area contributed by atoms with Crippen LogP contribution in [0.2, 0.25) is 0 Å². The molecule has 94 valence electrons. The largest absolute Gasteiger partial charge is 0.495 e. The van der Waals surface area contributed by atoms with Gasteiger partial charge < -0.3 is 20.5 Å². The summed E-state index contributed by atoms with van der Waals surface area (Å²) in [4.78, 5) is 11.8. The number of hydrogen-bond donors (Lipinski definition) is 2. The molecule has 1 rings (SSSR count). The van der Waals surface area contributed by atoms with Gasteiger partial charge in [0.25, 0.3) is 5.91 Å². The predicted molar refractivity (Wildman–Crippen MR) is 67.1 cm³/mol. The summed E-state index contributed by atoms with van der Waals surface area (Å²) >= 11 is 0. The first-order valence-corrected chi connectivity index (χ1v) is 5.21. The second kappa shape index (κ2) is 5.05. The maximum atomic E-state index is 11.8. The number of hydrogen-bond acceptors (Lipinski definition) is 4. The smallest absolute Gasteiger partial charge is 0.256 e. The Hall–Kier alpha value is -1.75. The molecule has 0 saturated carbocycles. The van der Waals surface area contributed by atoms with Gasteiger partial charge in [0.15, 0.2) is 0 Å². The highest BCUT2D eigenvalue weighted by atomic mass is 16.5. The Morgan fingerprint density at radius 2 is 2.00 bits per heavy atom. The second-order valence-electron chi connectivity index (χ2n) is 4.13. The number of amides is 1. The van der Waals surface area contributed by atoms with Gasteiger partial charge in [-0.15, -0.1) is 0 Å². The molecule has 0 aliphatic heterocycles. The number of rotatable bonds is 4. The van der Waals surface area contributed by atoms with Crippen LogP contribution in [0.5, 0.6) is 5.75 Å². The number of carbonyl (C=O) groups excluding carboxylic acids is 1. The topological polar surface area (TPSA) is 73.6 Å². The molecule has 17 heavy (non-hydrogen) atoms. The molecule has 0 aliphatic carbocycles. The fourth-order valence-corrected chi connectivity index (χ4v) is 1.19. The minimum absolute atomic E-state index is 0.232. The summed E-state index contributed by atoms with van der Waals surface area (Å²) in [5.41, 5.74) is 5.94. The van der Waals surface area contributed by atoms with Crippen LogP contribution in [0.25, 0.3) is 0 Å². The van der Waals surface area contributed by atoms with Crippen molar-refractivity contribution in [2.45, 2.75) is 19.4 Å². The van der Waals surface area contributed by atoms with Crippen LogP contribution in [-0.4, -0.2) is 25.7 Å². The van der Waals surface area contributed by atoms with Gasteiger partial charge >= 0.3 is 0 Å². The van der Waals surface area contributed by atoms with E-state index < -0.39 is 5.60 Å². The standard InChI is InChI=1S/C12H18N2O3/c1-12(2,17-4)11(15)14-8-5-6-10(16-3)9(13)7-8/h5-7H,13H2,1-4H3,(H,14,15). The Bertz CT molecular complexity index is 416. The number of nitrogens with one attached hydrogen (secondary N) is 1. The normalized spacial score (nSPS) is 11.1.